The molecule has 0 saturated heterocycles. The standard InChI is InChI=1S/C11H23NO2S/c1-15(13,14)9-8-11(12)10-6-4-2-3-5-7-10/h10-11H,2-9,12H2,1H3. The van der Waals surface area contributed by atoms with E-state index in [4.69, 9.17) is 5.73 Å². The summed E-state index contributed by atoms with van der Waals surface area (Å²) in [5.41, 5.74) is 6.06. The van der Waals surface area contributed by atoms with Crippen molar-refractivity contribution in [3.8, 4) is 0 Å². The molecule has 0 amide bonds. The summed E-state index contributed by atoms with van der Waals surface area (Å²) in [6.07, 6.45) is 9.44. The molecule has 4 heteroatoms. The van der Waals surface area contributed by atoms with Crippen molar-refractivity contribution < 1.29 is 8.42 Å². The van der Waals surface area contributed by atoms with E-state index in [9.17, 15) is 8.42 Å². The summed E-state index contributed by atoms with van der Waals surface area (Å²) in [5, 5.41) is 0. The van der Waals surface area contributed by atoms with Gasteiger partial charge in [0, 0.05) is 12.3 Å². The molecule has 1 aliphatic carbocycles. The van der Waals surface area contributed by atoms with Gasteiger partial charge in [-0.3, -0.25) is 0 Å². The summed E-state index contributed by atoms with van der Waals surface area (Å²) in [5.74, 6) is 0.791. The van der Waals surface area contributed by atoms with Crippen LogP contribution in [-0.2, 0) is 9.84 Å². The molecular weight excluding hydrogens is 210 g/mol. The molecule has 1 aliphatic rings. The Morgan fingerprint density at radius 2 is 1.73 bits per heavy atom. The summed E-state index contributed by atoms with van der Waals surface area (Å²) in [7, 11) is -2.85. The Bertz CT molecular complexity index is 266. The summed E-state index contributed by atoms with van der Waals surface area (Å²) < 4.78 is 22.1. The van der Waals surface area contributed by atoms with Crippen LogP contribution in [0.2, 0.25) is 0 Å². The maximum absolute atomic E-state index is 11.0. The lowest BCUT2D eigenvalue weighted by Gasteiger charge is -2.21. The maximum atomic E-state index is 11.0. The normalized spacial score (nSPS) is 22.3. The molecule has 0 radical (unpaired) electrons. The molecular formula is C11H23NO2S. The van der Waals surface area contributed by atoms with Crippen molar-refractivity contribution in [1.82, 2.24) is 0 Å². The van der Waals surface area contributed by atoms with E-state index in [0.717, 1.165) is 0 Å². The molecule has 0 aromatic heterocycles. The molecule has 15 heavy (non-hydrogen) atoms. The second-order valence-electron chi connectivity index (χ2n) is 4.83. The minimum absolute atomic E-state index is 0.0813. The third-order valence-corrected chi connectivity index (χ3v) is 4.30. The van der Waals surface area contributed by atoms with E-state index >= 15 is 0 Å². The topological polar surface area (TPSA) is 60.2 Å². The zero-order valence-electron chi connectivity index (χ0n) is 9.61. The molecule has 90 valence electrons. The van der Waals surface area contributed by atoms with Crippen LogP contribution in [-0.4, -0.2) is 26.5 Å². The molecule has 0 aromatic carbocycles. The summed E-state index contributed by atoms with van der Waals surface area (Å²) in [6.45, 7) is 0. The smallest absolute Gasteiger partial charge is 0.147 e. The minimum Gasteiger partial charge on any atom is -0.327 e. The van der Waals surface area contributed by atoms with Gasteiger partial charge in [-0.25, -0.2) is 8.42 Å². The fourth-order valence-corrected chi connectivity index (χ4v) is 3.03. The maximum Gasteiger partial charge on any atom is 0.147 e. The molecule has 0 aromatic rings. The quantitative estimate of drug-likeness (QED) is 0.752. The van der Waals surface area contributed by atoms with Crippen molar-refractivity contribution >= 4 is 9.84 Å². The Balaban J connectivity index is 2.34. The molecule has 1 rings (SSSR count). The predicted octanol–water partition coefficient (Wildman–Crippen LogP) is 1.72. The van der Waals surface area contributed by atoms with Crippen molar-refractivity contribution in [1.29, 1.82) is 0 Å². The van der Waals surface area contributed by atoms with Gasteiger partial charge in [-0.05, 0) is 25.2 Å². The highest BCUT2D eigenvalue weighted by Crippen LogP contribution is 2.25. The second kappa shape index (κ2) is 5.85. The molecule has 1 saturated carbocycles. The molecule has 0 spiro atoms. The van der Waals surface area contributed by atoms with Crippen molar-refractivity contribution in [3.05, 3.63) is 0 Å². The Morgan fingerprint density at radius 1 is 1.20 bits per heavy atom. The fraction of sp³-hybridized carbons (Fsp3) is 1.00. The average Bonchev–Trinajstić information content (AvgIpc) is 2.41. The van der Waals surface area contributed by atoms with Crippen LogP contribution in [0.1, 0.15) is 44.9 Å². The Hall–Kier alpha value is -0.0900. The Morgan fingerprint density at radius 3 is 2.20 bits per heavy atom. The van der Waals surface area contributed by atoms with Gasteiger partial charge in [0.2, 0.25) is 0 Å². The first-order valence-corrected chi connectivity index (χ1v) is 7.98. The van der Waals surface area contributed by atoms with Gasteiger partial charge in [0.1, 0.15) is 9.84 Å². The predicted molar refractivity (Wildman–Crippen MR) is 63.5 cm³/mol. The van der Waals surface area contributed by atoms with Gasteiger partial charge >= 0.3 is 0 Å². The molecule has 3 nitrogen and oxygen atoms in total. The Labute approximate surface area is 93.3 Å². The lowest BCUT2D eigenvalue weighted by molar-refractivity contribution is 0.367. The zero-order valence-corrected chi connectivity index (χ0v) is 10.4. The van der Waals surface area contributed by atoms with Gasteiger partial charge in [0.15, 0.2) is 0 Å². The molecule has 1 unspecified atom stereocenters. The Kier molecular flexibility index (Phi) is 5.06. The summed E-state index contributed by atoms with van der Waals surface area (Å²) in [4.78, 5) is 0. The van der Waals surface area contributed by atoms with Gasteiger partial charge in [0.05, 0.1) is 5.75 Å². The third kappa shape index (κ3) is 5.52. The van der Waals surface area contributed by atoms with Gasteiger partial charge in [0.25, 0.3) is 0 Å². The van der Waals surface area contributed by atoms with Crippen LogP contribution < -0.4 is 5.73 Å². The van der Waals surface area contributed by atoms with E-state index in [1.807, 2.05) is 0 Å². The number of rotatable bonds is 4. The van der Waals surface area contributed by atoms with Crippen LogP contribution in [0.4, 0.5) is 0 Å². The number of sulfone groups is 1. The molecule has 1 fully saturated rings. The fourth-order valence-electron chi connectivity index (χ4n) is 2.32. The van der Waals surface area contributed by atoms with Gasteiger partial charge in [-0.1, -0.05) is 25.7 Å². The van der Waals surface area contributed by atoms with Crippen LogP contribution in [0, 0.1) is 5.92 Å². The average molecular weight is 233 g/mol. The first-order chi connectivity index (χ1) is 6.99. The summed E-state index contributed by atoms with van der Waals surface area (Å²) in [6, 6.07) is 0.0813. The van der Waals surface area contributed by atoms with E-state index in [2.05, 4.69) is 0 Å². The van der Waals surface area contributed by atoms with Crippen molar-refractivity contribution in [2.45, 2.75) is 51.0 Å². The van der Waals surface area contributed by atoms with E-state index in [1.165, 1.54) is 44.8 Å². The molecule has 0 bridgehead atoms. The molecule has 2 N–H and O–H groups in total. The van der Waals surface area contributed by atoms with Crippen LogP contribution in [0.5, 0.6) is 0 Å². The van der Waals surface area contributed by atoms with E-state index in [0.29, 0.717) is 12.3 Å². The lowest BCUT2D eigenvalue weighted by atomic mass is 9.91. The monoisotopic (exact) mass is 233 g/mol. The van der Waals surface area contributed by atoms with E-state index in [-0.39, 0.29) is 11.8 Å². The van der Waals surface area contributed by atoms with Gasteiger partial charge in [-0.15, -0.1) is 0 Å². The zero-order chi connectivity index (χ0) is 11.3. The largest absolute Gasteiger partial charge is 0.327 e. The number of nitrogens with two attached hydrogens (primary N) is 1. The third-order valence-electron chi connectivity index (χ3n) is 3.33. The second-order valence-corrected chi connectivity index (χ2v) is 7.09. The number of hydrogen-bond donors (Lipinski definition) is 1. The van der Waals surface area contributed by atoms with E-state index in [1.54, 1.807) is 0 Å². The molecule has 1 atom stereocenters. The van der Waals surface area contributed by atoms with E-state index < -0.39 is 9.84 Å². The molecule has 0 heterocycles. The van der Waals surface area contributed by atoms with Crippen molar-refractivity contribution in [3.63, 3.8) is 0 Å². The highest BCUT2D eigenvalue weighted by Gasteiger charge is 2.20. The SMILES string of the molecule is CS(=O)(=O)CCC(N)C1CCCCCC1. The van der Waals surface area contributed by atoms with Crippen LogP contribution in [0.25, 0.3) is 0 Å². The van der Waals surface area contributed by atoms with Gasteiger partial charge < -0.3 is 5.73 Å². The van der Waals surface area contributed by atoms with Crippen LogP contribution in [0.3, 0.4) is 0 Å². The first-order valence-electron chi connectivity index (χ1n) is 5.92. The van der Waals surface area contributed by atoms with Crippen LogP contribution >= 0.6 is 0 Å². The molecule has 0 aliphatic heterocycles. The number of hydrogen-bond acceptors (Lipinski definition) is 3. The van der Waals surface area contributed by atoms with Gasteiger partial charge in [-0.2, -0.15) is 0 Å². The summed E-state index contributed by atoms with van der Waals surface area (Å²) >= 11 is 0. The minimum atomic E-state index is -2.85. The lowest BCUT2D eigenvalue weighted by Crippen LogP contribution is -2.31. The first kappa shape index (κ1) is 13.0. The highest BCUT2D eigenvalue weighted by molar-refractivity contribution is 7.90. The van der Waals surface area contributed by atoms with Crippen molar-refractivity contribution in [2.24, 2.45) is 11.7 Å². The van der Waals surface area contributed by atoms with Crippen LogP contribution in [0.15, 0.2) is 0 Å². The highest BCUT2D eigenvalue weighted by atomic mass is 32.2. The van der Waals surface area contributed by atoms with Crippen molar-refractivity contribution in [2.75, 3.05) is 12.0 Å².